The number of H-pyrrole nitrogens is 1. The normalized spacial score (nSPS) is 11.3. The summed E-state index contributed by atoms with van der Waals surface area (Å²) in [5.41, 5.74) is 9.48. The minimum atomic E-state index is 0.0173. The summed E-state index contributed by atoms with van der Waals surface area (Å²) in [6.07, 6.45) is 0. The molecule has 0 fully saturated rings. The van der Waals surface area contributed by atoms with Crippen molar-refractivity contribution < 1.29 is 4.79 Å². The summed E-state index contributed by atoms with van der Waals surface area (Å²) in [7, 11) is 0. The average Bonchev–Trinajstić information content (AvgIpc) is 2.91. The average molecular weight is 376 g/mol. The maximum Gasteiger partial charge on any atom is 0.219 e. The van der Waals surface area contributed by atoms with Gasteiger partial charge >= 0.3 is 0 Å². The van der Waals surface area contributed by atoms with E-state index in [1.165, 1.54) is 0 Å². The zero-order chi connectivity index (χ0) is 16.7. The molecule has 0 atom stereocenters. The first-order valence-electron chi connectivity index (χ1n) is 7.40. The summed E-state index contributed by atoms with van der Waals surface area (Å²) >= 11 is 3.52. The number of anilines is 1. The van der Waals surface area contributed by atoms with E-state index in [-0.39, 0.29) is 5.91 Å². The number of nitrogen functional groups attached to an aromatic ring is 1. The van der Waals surface area contributed by atoms with Crippen molar-refractivity contribution in [3.05, 3.63) is 28.0 Å². The Balaban J connectivity index is 2.18. The molecule has 3 aromatic rings. The number of fused-ring (bicyclic) bond motifs is 3. The third-order valence-corrected chi connectivity index (χ3v) is 4.80. The lowest BCUT2D eigenvalue weighted by molar-refractivity contribution is -0.129. The minimum absolute atomic E-state index is 0.0173. The Kier molecular flexibility index (Phi) is 3.97. The molecular formula is C16H18BrN5O. The van der Waals surface area contributed by atoms with E-state index < -0.39 is 0 Å². The van der Waals surface area contributed by atoms with Crippen molar-refractivity contribution in [2.75, 3.05) is 12.3 Å². The smallest absolute Gasteiger partial charge is 0.219 e. The summed E-state index contributed by atoms with van der Waals surface area (Å²) in [5, 5.41) is 0.972. The standard InChI is InChI=1S/C16H18BrN5O/c1-4-22(9(3)23)7-13-20-14-10-5-8(2)11(17)6-12(10)19-16(18)15(14)21-13/h5-6H,4,7H2,1-3H3,(H2,18,19)(H,20,21). The molecule has 0 aliphatic rings. The quantitative estimate of drug-likeness (QED) is 0.735. The third-order valence-electron chi connectivity index (χ3n) is 3.95. The number of carbonyl (C=O) groups is 1. The number of pyridine rings is 1. The Bertz CT molecular complexity index is 918. The Morgan fingerprint density at radius 1 is 1.39 bits per heavy atom. The number of carbonyl (C=O) groups excluding carboxylic acids is 1. The van der Waals surface area contributed by atoms with Crippen molar-refractivity contribution in [2.45, 2.75) is 27.3 Å². The van der Waals surface area contributed by atoms with E-state index >= 15 is 0 Å². The first-order valence-corrected chi connectivity index (χ1v) is 8.19. The number of imidazole rings is 1. The summed E-state index contributed by atoms with van der Waals surface area (Å²) in [6.45, 7) is 6.58. The van der Waals surface area contributed by atoms with E-state index in [0.717, 1.165) is 26.5 Å². The Morgan fingerprint density at radius 3 is 2.78 bits per heavy atom. The van der Waals surface area contributed by atoms with Gasteiger partial charge in [0.2, 0.25) is 5.91 Å². The zero-order valence-corrected chi connectivity index (χ0v) is 14.9. The van der Waals surface area contributed by atoms with Gasteiger partial charge in [0.05, 0.1) is 17.6 Å². The fraction of sp³-hybridized carbons (Fsp3) is 0.312. The Hall–Kier alpha value is -2.15. The summed E-state index contributed by atoms with van der Waals surface area (Å²) in [5.74, 6) is 1.11. The molecule has 6 nitrogen and oxygen atoms in total. The van der Waals surface area contributed by atoms with E-state index in [1.54, 1.807) is 11.8 Å². The number of aryl methyl sites for hydroxylation is 1. The van der Waals surface area contributed by atoms with Crippen molar-refractivity contribution in [1.29, 1.82) is 0 Å². The van der Waals surface area contributed by atoms with Gasteiger partial charge < -0.3 is 15.6 Å². The van der Waals surface area contributed by atoms with Crippen molar-refractivity contribution in [1.82, 2.24) is 19.9 Å². The van der Waals surface area contributed by atoms with Gasteiger partial charge in [0.25, 0.3) is 0 Å². The molecule has 0 spiro atoms. The number of halogens is 1. The third kappa shape index (κ3) is 2.76. The molecule has 120 valence electrons. The maximum absolute atomic E-state index is 11.6. The molecule has 0 aliphatic carbocycles. The number of nitrogens with zero attached hydrogens (tertiary/aromatic N) is 3. The fourth-order valence-corrected chi connectivity index (χ4v) is 2.98. The lowest BCUT2D eigenvalue weighted by Crippen LogP contribution is -2.28. The molecule has 2 aromatic heterocycles. The number of nitrogens with one attached hydrogen (secondary N) is 1. The number of hydrogen-bond donors (Lipinski definition) is 2. The van der Waals surface area contributed by atoms with Crippen LogP contribution in [0.2, 0.25) is 0 Å². The molecule has 0 radical (unpaired) electrons. The van der Waals surface area contributed by atoms with Crippen LogP contribution in [0.5, 0.6) is 0 Å². The molecule has 1 amide bonds. The van der Waals surface area contributed by atoms with Gasteiger partial charge in [-0.3, -0.25) is 4.79 Å². The van der Waals surface area contributed by atoms with Crippen molar-refractivity contribution in [2.24, 2.45) is 0 Å². The number of benzene rings is 1. The topological polar surface area (TPSA) is 87.9 Å². The monoisotopic (exact) mass is 375 g/mol. The van der Waals surface area contributed by atoms with Gasteiger partial charge in [0.15, 0.2) is 5.82 Å². The highest BCUT2D eigenvalue weighted by Gasteiger charge is 2.15. The van der Waals surface area contributed by atoms with Gasteiger partial charge in [0, 0.05) is 23.3 Å². The molecule has 0 bridgehead atoms. The second-order valence-electron chi connectivity index (χ2n) is 5.56. The van der Waals surface area contributed by atoms with Gasteiger partial charge in [-0.1, -0.05) is 15.9 Å². The van der Waals surface area contributed by atoms with Crippen LogP contribution in [0.4, 0.5) is 5.82 Å². The van der Waals surface area contributed by atoms with Crippen molar-refractivity contribution in [3.63, 3.8) is 0 Å². The van der Waals surface area contributed by atoms with E-state index in [1.807, 2.05) is 19.9 Å². The number of aromatic nitrogens is 3. The van der Waals surface area contributed by atoms with Gasteiger partial charge in [-0.2, -0.15) is 0 Å². The number of rotatable bonds is 3. The molecule has 23 heavy (non-hydrogen) atoms. The lowest BCUT2D eigenvalue weighted by atomic mass is 10.1. The first kappa shape index (κ1) is 15.7. The van der Waals surface area contributed by atoms with Crippen molar-refractivity contribution >= 4 is 49.6 Å². The van der Waals surface area contributed by atoms with Gasteiger partial charge in [-0.25, -0.2) is 9.97 Å². The fourth-order valence-electron chi connectivity index (χ4n) is 2.65. The van der Waals surface area contributed by atoms with Crippen LogP contribution >= 0.6 is 15.9 Å². The van der Waals surface area contributed by atoms with E-state index in [0.29, 0.717) is 30.2 Å². The second kappa shape index (κ2) is 5.81. The van der Waals surface area contributed by atoms with Crippen LogP contribution < -0.4 is 5.73 Å². The van der Waals surface area contributed by atoms with E-state index in [2.05, 4.69) is 36.9 Å². The maximum atomic E-state index is 11.6. The molecule has 0 aliphatic heterocycles. The highest BCUT2D eigenvalue weighted by molar-refractivity contribution is 9.10. The van der Waals surface area contributed by atoms with Crippen LogP contribution in [-0.4, -0.2) is 32.3 Å². The number of nitrogens with two attached hydrogens (primary N) is 1. The van der Waals surface area contributed by atoms with Crippen molar-refractivity contribution in [3.8, 4) is 0 Å². The Labute approximate surface area is 142 Å². The SMILES string of the molecule is CCN(Cc1nc2c(N)nc3cc(Br)c(C)cc3c2[nH]1)C(C)=O. The van der Waals surface area contributed by atoms with Crippen LogP contribution in [0.15, 0.2) is 16.6 Å². The molecule has 0 saturated heterocycles. The molecule has 0 saturated carbocycles. The predicted molar refractivity (Wildman–Crippen MR) is 95.0 cm³/mol. The van der Waals surface area contributed by atoms with Crippen LogP contribution in [0.3, 0.4) is 0 Å². The van der Waals surface area contributed by atoms with Gasteiger partial charge in [0.1, 0.15) is 11.3 Å². The number of hydrogen-bond acceptors (Lipinski definition) is 4. The number of aromatic amines is 1. The van der Waals surface area contributed by atoms with E-state index in [9.17, 15) is 4.79 Å². The summed E-state index contributed by atoms with van der Waals surface area (Å²) in [6, 6.07) is 4.01. The highest BCUT2D eigenvalue weighted by Crippen LogP contribution is 2.30. The molecule has 3 N–H and O–H groups in total. The van der Waals surface area contributed by atoms with Gasteiger partial charge in [-0.05, 0) is 31.5 Å². The minimum Gasteiger partial charge on any atom is -0.382 e. The first-order chi connectivity index (χ1) is 10.9. The molecule has 2 heterocycles. The highest BCUT2D eigenvalue weighted by atomic mass is 79.9. The summed E-state index contributed by atoms with van der Waals surface area (Å²) in [4.78, 5) is 25.6. The number of amides is 1. The zero-order valence-electron chi connectivity index (χ0n) is 13.3. The Morgan fingerprint density at radius 2 is 2.13 bits per heavy atom. The predicted octanol–water partition coefficient (Wildman–Crippen LogP) is 3.13. The molecule has 7 heteroatoms. The molecular weight excluding hydrogens is 358 g/mol. The molecule has 0 unspecified atom stereocenters. The second-order valence-corrected chi connectivity index (χ2v) is 6.41. The molecule has 1 aromatic carbocycles. The van der Waals surface area contributed by atoms with Crippen LogP contribution in [0.25, 0.3) is 21.9 Å². The molecule has 3 rings (SSSR count). The van der Waals surface area contributed by atoms with Gasteiger partial charge in [-0.15, -0.1) is 0 Å². The van der Waals surface area contributed by atoms with Crippen LogP contribution in [0, 0.1) is 6.92 Å². The largest absolute Gasteiger partial charge is 0.382 e. The lowest BCUT2D eigenvalue weighted by Gasteiger charge is -2.16. The van der Waals surface area contributed by atoms with Crippen LogP contribution in [-0.2, 0) is 11.3 Å². The summed E-state index contributed by atoms with van der Waals surface area (Å²) < 4.78 is 0.990. The van der Waals surface area contributed by atoms with Crippen LogP contribution in [0.1, 0.15) is 25.2 Å². The van der Waals surface area contributed by atoms with E-state index in [4.69, 9.17) is 5.73 Å².